The molecule has 0 bridgehead atoms. The molecule has 0 radical (unpaired) electrons. The Balaban J connectivity index is 2.94. The van der Waals surface area contributed by atoms with Crippen LogP contribution in [0.4, 0.5) is 0 Å². The number of methoxy groups -OCH3 is 1. The van der Waals surface area contributed by atoms with E-state index in [4.69, 9.17) is 10.5 Å². The van der Waals surface area contributed by atoms with Gasteiger partial charge in [0.25, 0.3) is 0 Å². The van der Waals surface area contributed by atoms with Crippen LogP contribution in [0.25, 0.3) is 0 Å². The van der Waals surface area contributed by atoms with Crippen LogP contribution in [0.3, 0.4) is 0 Å². The number of aliphatic hydroxyl groups excluding tert-OH is 1. The fraction of sp³-hybridized carbons (Fsp3) is 0.455. The van der Waals surface area contributed by atoms with E-state index in [0.717, 1.165) is 11.1 Å². The van der Waals surface area contributed by atoms with Crippen molar-refractivity contribution in [2.24, 2.45) is 5.73 Å². The second-order valence-electron chi connectivity index (χ2n) is 3.44. The molecule has 0 heterocycles. The first-order chi connectivity index (χ1) is 6.66. The molecular weight excluding hydrogens is 178 g/mol. The van der Waals surface area contributed by atoms with Gasteiger partial charge in [-0.2, -0.15) is 0 Å². The third kappa shape index (κ3) is 2.54. The van der Waals surface area contributed by atoms with Gasteiger partial charge in [-0.3, -0.25) is 0 Å². The van der Waals surface area contributed by atoms with E-state index in [-0.39, 0.29) is 6.04 Å². The molecule has 2 unspecified atom stereocenters. The summed E-state index contributed by atoms with van der Waals surface area (Å²) >= 11 is 0. The normalized spacial score (nSPS) is 15.1. The van der Waals surface area contributed by atoms with Crippen molar-refractivity contribution >= 4 is 0 Å². The van der Waals surface area contributed by atoms with Crippen LogP contribution >= 0.6 is 0 Å². The first-order valence-electron chi connectivity index (χ1n) is 4.67. The number of hydrogen-bond acceptors (Lipinski definition) is 3. The fourth-order valence-corrected chi connectivity index (χ4v) is 1.39. The number of benzene rings is 1. The van der Waals surface area contributed by atoms with E-state index in [1.54, 1.807) is 14.0 Å². The van der Waals surface area contributed by atoms with Crippen LogP contribution in [-0.2, 0) is 11.3 Å². The smallest absolute Gasteiger partial charge is 0.0941 e. The first kappa shape index (κ1) is 11.2. The topological polar surface area (TPSA) is 55.5 Å². The highest BCUT2D eigenvalue weighted by Crippen LogP contribution is 2.20. The van der Waals surface area contributed by atoms with Gasteiger partial charge < -0.3 is 15.6 Å². The minimum absolute atomic E-state index is 0.270. The lowest BCUT2D eigenvalue weighted by atomic mass is 9.99. The zero-order chi connectivity index (χ0) is 10.6. The lowest BCUT2D eigenvalue weighted by molar-refractivity contribution is 0.144. The Morgan fingerprint density at radius 3 is 2.64 bits per heavy atom. The highest BCUT2D eigenvalue weighted by molar-refractivity contribution is 5.29. The minimum Gasteiger partial charge on any atom is -0.387 e. The Hall–Kier alpha value is -0.900. The maximum atomic E-state index is 9.82. The van der Waals surface area contributed by atoms with Gasteiger partial charge in [0.05, 0.1) is 12.7 Å². The van der Waals surface area contributed by atoms with Crippen LogP contribution in [0, 0.1) is 0 Å². The maximum Gasteiger partial charge on any atom is 0.0941 e. The third-order valence-electron chi connectivity index (χ3n) is 2.17. The Morgan fingerprint density at radius 1 is 1.43 bits per heavy atom. The Labute approximate surface area is 84.5 Å². The van der Waals surface area contributed by atoms with Crippen molar-refractivity contribution in [1.29, 1.82) is 0 Å². The molecule has 0 aliphatic carbocycles. The summed E-state index contributed by atoms with van der Waals surface area (Å²) in [6.07, 6.45) is -0.624. The second-order valence-corrected chi connectivity index (χ2v) is 3.44. The molecule has 1 rings (SSSR count). The Bertz CT molecular complexity index is 286. The molecule has 0 saturated heterocycles. The van der Waals surface area contributed by atoms with Gasteiger partial charge in [0, 0.05) is 13.2 Å². The summed E-state index contributed by atoms with van der Waals surface area (Å²) in [4.78, 5) is 0. The van der Waals surface area contributed by atoms with E-state index < -0.39 is 6.10 Å². The summed E-state index contributed by atoms with van der Waals surface area (Å²) in [5, 5.41) is 9.82. The standard InChI is InChI=1S/C11H17NO2/c1-8(12)11(13)10-6-4-3-5-9(10)7-14-2/h3-6,8,11,13H,7,12H2,1-2H3. The van der Waals surface area contributed by atoms with Crippen LogP contribution in [0.5, 0.6) is 0 Å². The predicted octanol–water partition coefficient (Wildman–Crippen LogP) is 1.21. The monoisotopic (exact) mass is 195 g/mol. The predicted molar refractivity (Wildman–Crippen MR) is 55.8 cm³/mol. The van der Waals surface area contributed by atoms with Gasteiger partial charge in [0.15, 0.2) is 0 Å². The lowest BCUT2D eigenvalue weighted by Crippen LogP contribution is -2.25. The maximum absolute atomic E-state index is 9.82. The van der Waals surface area contributed by atoms with E-state index in [1.165, 1.54) is 0 Å². The molecule has 0 amide bonds. The number of rotatable bonds is 4. The molecule has 0 aliphatic rings. The quantitative estimate of drug-likeness (QED) is 0.759. The van der Waals surface area contributed by atoms with Crippen LogP contribution in [0.15, 0.2) is 24.3 Å². The summed E-state index contributed by atoms with van der Waals surface area (Å²) < 4.78 is 5.05. The van der Waals surface area contributed by atoms with Crippen LogP contribution in [-0.4, -0.2) is 18.3 Å². The molecule has 78 valence electrons. The van der Waals surface area contributed by atoms with Gasteiger partial charge in [-0.25, -0.2) is 0 Å². The van der Waals surface area contributed by atoms with Crippen molar-refractivity contribution in [2.75, 3.05) is 7.11 Å². The third-order valence-corrected chi connectivity index (χ3v) is 2.17. The molecular formula is C11H17NO2. The Morgan fingerprint density at radius 2 is 2.07 bits per heavy atom. The van der Waals surface area contributed by atoms with Gasteiger partial charge in [0.2, 0.25) is 0 Å². The average molecular weight is 195 g/mol. The van der Waals surface area contributed by atoms with E-state index >= 15 is 0 Å². The first-order valence-corrected chi connectivity index (χ1v) is 4.67. The van der Waals surface area contributed by atoms with Crippen molar-refractivity contribution in [3.05, 3.63) is 35.4 Å². The number of nitrogens with two attached hydrogens (primary N) is 1. The molecule has 3 heteroatoms. The molecule has 0 aromatic heterocycles. The van der Waals surface area contributed by atoms with Gasteiger partial charge >= 0.3 is 0 Å². The van der Waals surface area contributed by atoms with E-state index in [2.05, 4.69) is 0 Å². The van der Waals surface area contributed by atoms with Crippen LogP contribution < -0.4 is 5.73 Å². The van der Waals surface area contributed by atoms with Crippen molar-refractivity contribution in [1.82, 2.24) is 0 Å². The van der Waals surface area contributed by atoms with Crippen molar-refractivity contribution in [2.45, 2.75) is 25.7 Å². The van der Waals surface area contributed by atoms with Gasteiger partial charge in [-0.1, -0.05) is 24.3 Å². The van der Waals surface area contributed by atoms with E-state index in [0.29, 0.717) is 6.61 Å². The molecule has 0 fully saturated rings. The number of hydrogen-bond donors (Lipinski definition) is 2. The van der Waals surface area contributed by atoms with Gasteiger partial charge in [0.1, 0.15) is 0 Å². The van der Waals surface area contributed by atoms with Crippen molar-refractivity contribution in [3.8, 4) is 0 Å². The molecule has 2 atom stereocenters. The highest BCUT2D eigenvalue weighted by Gasteiger charge is 2.15. The van der Waals surface area contributed by atoms with Crippen molar-refractivity contribution < 1.29 is 9.84 Å². The molecule has 3 N–H and O–H groups in total. The van der Waals surface area contributed by atoms with Crippen LogP contribution in [0.1, 0.15) is 24.2 Å². The summed E-state index contributed by atoms with van der Waals surface area (Å²) in [6.45, 7) is 2.29. The summed E-state index contributed by atoms with van der Waals surface area (Å²) in [6, 6.07) is 7.35. The van der Waals surface area contributed by atoms with Crippen LogP contribution in [0.2, 0.25) is 0 Å². The Kier molecular flexibility index (Phi) is 4.07. The molecule has 0 aliphatic heterocycles. The minimum atomic E-state index is -0.624. The second kappa shape index (κ2) is 5.10. The number of aliphatic hydroxyl groups is 1. The SMILES string of the molecule is COCc1ccccc1C(O)C(C)N. The largest absolute Gasteiger partial charge is 0.387 e. The van der Waals surface area contributed by atoms with E-state index in [9.17, 15) is 5.11 Å². The molecule has 0 saturated carbocycles. The summed E-state index contributed by atoms with van der Waals surface area (Å²) in [5.74, 6) is 0. The lowest BCUT2D eigenvalue weighted by Gasteiger charge is -2.18. The zero-order valence-corrected chi connectivity index (χ0v) is 8.60. The molecule has 1 aromatic rings. The molecule has 0 spiro atoms. The summed E-state index contributed by atoms with van der Waals surface area (Å²) in [7, 11) is 1.63. The highest BCUT2D eigenvalue weighted by atomic mass is 16.5. The molecule has 14 heavy (non-hydrogen) atoms. The summed E-state index contributed by atoms with van der Waals surface area (Å²) in [5.41, 5.74) is 7.48. The van der Waals surface area contributed by atoms with Crippen molar-refractivity contribution in [3.63, 3.8) is 0 Å². The average Bonchev–Trinajstić information content (AvgIpc) is 2.18. The number of ether oxygens (including phenoxy) is 1. The van der Waals surface area contributed by atoms with E-state index in [1.807, 2.05) is 24.3 Å². The van der Waals surface area contributed by atoms with Gasteiger partial charge in [-0.15, -0.1) is 0 Å². The molecule has 3 nitrogen and oxygen atoms in total. The van der Waals surface area contributed by atoms with Gasteiger partial charge in [-0.05, 0) is 18.1 Å². The zero-order valence-electron chi connectivity index (χ0n) is 8.60. The molecule has 1 aromatic carbocycles. The fourth-order valence-electron chi connectivity index (χ4n) is 1.39.